The number of hydrogen-bond acceptors (Lipinski definition) is 3. The lowest BCUT2D eigenvalue weighted by Gasteiger charge is -2.18. The average molecular weight is 346 g/mol. The molecule has 0 radical (unpaired) electrons. The van der Waals surface area contributed by atoms with Crippen LogP contribution in [0.3, 0.4) is 0 Å². The minimum absolute atomic E-state index is 0.488. The van der Waals surface area contributed by atoms with Crippen molar-refractivity contribution in [3.63, 3.8) is 0 Å². The molecule has 1 aromatic heterocycles. The molecule has 1 aromatic rings. The maximum absolute atomic E-state index is 5.16. The van der Waals surface area contributed by atoms with Gasteiger partial charge in [-0.3, -0.25) is 4.68 Å². The highest BCUT2D eigenvalue weighted by Gasteiger charge is 2.17. The van der Waals surface area contributed by atoms with Crippen molar-refractivity contribution in [2.24, 2.45) is 7.05 Å². The van der Waals surface area contributed by atoms with Crippen LogP contribution in [0, 0.1) is 0 Å². The van der Waals surface area contributed by atoms with Crippen LogP contribution in [0.2, 0.25) is 0 Å². The average Bonchev–Trinajstić information content (AvgIpc) is 2.71. The van der Waals surface area contributed by atoms with Gasteiger partial charge in [0.1, 0.15) is 0 Å². The van der Waals surface area contributed by atoms with E-state index in [1.165, 1.54) is 10.2 Å². The van der Waals surface area contributed by atoms with E-state index < -0.39 is 0 Å². The summed E-state index contributed by atoms with van der Waals surface area (Å²) in [6, 6.07) is 0.488. The van der Waals surface area contributed by atoms with Gasteiger partial charge in [-0.05, 0) is 48.2 Å². The molecule has 0 amide bonds. The summed E-state index contributed by atoms with van der Waals surface area (Å²) in [4.78, 5) is 0. The first kappa shape index (κ1) is 17.7. The van der Waals surface area contributed by atoms with Gasteiger partial charge in [0.2, 0.25) is 0 Å². The summed E-state index contributed by atoms with van der Waals surface area (Å²) >= 11 is 3.70. The molecular formula is C15H28BrN3O. The van der Waals surface area contributed by atoms with Crippen LogP contribution in [-0.2, 0) is 24.6 Å². The van der Waals surface area contributed by atoms with E-state index in [-0.39, 0.29) is 0 Å². The third-order valence-corrected chi connectivity index (χ3v) is 4.44. The predicted molar refractivity (Wildman–Crippen MR) is 87.2 cm³/mol. The smallest absolute Gasteiger partial charge is 0.0766 e. The Morgan fingerprint density at radius 1 is 1.40 bits per heavy atom. The van der Waals surface area contributed by atoms with Gasteiger partial charge >= 0.3 is 0 Å². The molecule has 1 N–H and O–H groups in total. The van der Waals surface area contributed by atoms with E-state index in [9.17, 15) is 0 Å². The lowest BCUT2D eigenvalue weighted by atomic mass is 10.1. The fraction of sp³-hybridized carbons (Fsp3) is 0.800. The van der Waals surface area contributed by atoms with Gasteiger partial charge in [0.05, 0.1) is 15.9 Å². The van der Waals surface area contributed by atoms with E-state index >= 15 is 0 Å². The molecule has 0 saturated heterocycles. The summed E-state index contributed by atoms with van der Waals surface area (Å²) in [5.41, 5.74) is 2.43. The highest BCUT2D eigenvalue weighted by atomic mass is 79.9. The lowest BCUT2D eigenvalue weighted by Crippen LogP contribution is -2.32. The zero-order chi connectivity index (χ0) is 15.0. The van der Waals surface area contributed by atoms with Crippen molar-refractivity contribution >= 4 is 15.9 Å². The van der Waals surface area contributed by atoms with Crippen molar-refractivity contribution in [2.45, 2.75) is 52.0 Å². The van der Waals surface area contributed by atoms with Crippen molar-refractivity contribution in [3.05, 3.63) is 15.9 Å². The molecule has 1 unspecified atom stereocenters. The molecule has 1 rings (SSSR count). The Bertz CT molecular complexity index is 393. The molecule has 116 valence electrons. The van der Waals surface area contributed by atoms with Crippen LogP contribution in [0.15, 0.2) is 4.47 Å². The Kier molecular flexibility index (Phi) is 8.41. The summed E-state index contributed by atoms with van der Waals surface area (Å²) < 4.78 is 8.35. The van der Waals surface area contributed by atoms with Crippen molar-refractivity contribution in [1.29, 1.82) is 0 Å². The monoisotopic (exact) mass is 345 g/mol. The van der Waals surface area contributed by atoms with Crippen LogP contribution in [0.5, 0.6) is 0 Å². The third-order valence-electron chi connectivity index (χ3n) is 3.53. The molecule has 1 atom stereocenters. The van der Waals surface area contributed by atoms with E-state index in [0.717, 1.165) is 50.9 Å². The summed E-state index contributed by atoms with van der Waals surface area (Å²) in [6.45, 7) is 6.24. The first-order valence-corrected chi connectivity index (χ1v) is 8.35. The number of halogens is 1. The molecule has 0 aromatic carbocycles. The Morgan fingerprint density at radius 2 is 2.15 bits per heavy atom. The fourth-order valence-corrected chi connectivity index (χ4v) is 3.15. The number of ether oxygens (including phenoxy) is 1. The second-order valence-electron chi connectivity index (χ2n) is 5.17. The molecule has 0 aliphatic rings. The third kappa shape index (κ3) is 5.19. The van der Waals surface area contributed by atoms with Crippen LogP contribution >= 0.6 is 15.9 Å². The van der Waals surface area contributed by atoms with E-state index in [1.807, 2.05) is 11.7 Å². The van der Waals surface area contributed by atoms with Crippen molar-refractivity contribution in [2.75, 3.05) is 20.3 Å². The first-order valence-electron chi connectivity index (χ1n) is 7.56. The number of hydrogen-bond donors (Lipinski definition) is 1. The number of aryl methyl sites for hydroxylation is 2. The van der Waals surface area contributed by atoms with Crippen LogP contribution in [-0.4, -0.2) is 36.1 Å². The van der Waals surface area contributed by atoms with Crippen LogP contribution < -0.4 is 5.32 Å². The van der Waals surface area contributed by atoms with Gasteiger partial charge in [-0.1, -0.05) is 13.8 Å². The minimum atomic E-state index is 0.488. The topological polar surface area (TPSA) is 39.1 Å². The largest absolute Gasteiger partial charge is 0.385 e. The molecule has 0 bridgehead atoms. The quantitative estimate of drug-likeness (QED) is 0.662. The van der Waals surface area contributed by atoms with Gasteiger partial charge in [-0.15, -0.1) is 0 Å². The minimum Gasteiger partial charge on any atom is -0.385 e. The Balaban J connectivity index is 2.69. The van der Waals surface area contributed by atoms with Gasteiger partial charge in [0.15, 0.2) is 0 Å². The normalized spacial score (nSPS) is 12.8. The van der Waals surface area contributed by atoms with Gasteiger partial charge < -0.3 is 10.1 Å². The maximum atomic E-state index is 5.16. The second-order valence-corrected chi connectivity index (χ2v) is 5.97. The molecule has 0 saturated carbocycles. The summed E-state index contributed by atoms with van der Waals surface area (Å²) in [6.07, 6.45) is 5.35. The number of aromatic nitrogens is 2. The summed E-state index contributed by atoms with van der Waals surface area (Å²) in [5.74, 6) is 0. The zero-order valence-electron chi connectivity index (χ0n) is 13.2. The molecule has 4 nitrogen and oxygen atoms in total. The first-order chi connectivity index (χ1) is 9.63. The molecule has 0 aliphatic heterocycles. The highest BCUT2D eigenvalue weighted by molar-refractivity contribution is 9.10. The number of methoxy groups -OCH3 is 1. The number of nitrogens with zero attached hydrogens (tertiary/aromatic N) is 2. The fourth-order valence-electron chi connectivity index (χ4n) is 2.37. The highest BCUT2D eigenvalue weighted by Crippen LogP contribution is 2.23. The second kappa shape index (κ2) is 9.53. The van der Waals surface area contributed by atoms with Crippen molar-refractivity contribution in [3.8, 4) is 0 Å². The van der Waals surface area contributed by atoms with E-state index in [0.29, 0.717) is 6.04 Å². The van der Waals surface area contributed by atoms with Crippen molar-refractivity contribution < 1.29 is 4.74 Å². The SMILES string of the molecule is CCCNC(CCCOC)Cc1c(Br)c(CC)nn1C. The Labute approximate surface area is 131 Å². The maximum Gasteiger partial charge on any atom is 0.0766 e. The van der Waals surface area contributed by atoms with Crippen LogP contribution in [0.1, 0.15) is 44.5 Å². The molecular weight excluding hydrogens is 318 g/mol. The van der Waals surface area contributed by atoms with Crippen molar-refractivity contribution in [1.82, 2.24) is 15.1 Å². The molecule has 1 heterocycles. The van der Waals surface area contributed by atoms with Gasteiger partial charge in [-0.2, -0.15) is 5.10 Å². The number of rotatable bonds is 10. The summed E-state index contributed by atoms with van der Waals surface area (Å²) in [5, 5.41) is 8.22. The Morgan fingerprint density at radius 3 is 2.70 bits per heavy atom. The van der Waals surface area contributed by atoms with Crippen LogP contribution in [0.25, 0.3) is 0 Å². The van der Waals surface area contributed by atoms with Gasteiger partial charge in [-0.25, -0.2) is 0 Å². The standard InChI is InChI=1S/C15H28BrN3O/c1-5-9-17-12(8-7-10-20-4)11-14-15(16)13(6-2)18-19(14)3/h12,17H,5-11H2,1-4H3. The van der Waals surface area contributed by atoms with Gasteiger partial charge in [0, 0.05) is 33.2 Å². The molecule has 0 spiro atoms. The molecule has 0 aliphatic carbocycles. The number of nitrogens with one attached hydrogen (secondary N) is 1. The van der Waals surface area contributed by atoms with E-state index in [4.69, 9.17) is 4.74 Å². The van der Waals surface area contributed by atoms with E-state index in [2.05, 4.69) is 40.2 Å². The van der Waals surface area contributed by atoms with Gasteiger partial charge in [0.25, 0.3) is 0 Å². The van der Waals surface area contributed by atoms with Crippen LogP contribution in [0.4, 0.5) is 0 Å². The lowest BCUT2D eigenvalue weighted by molar-refractivity contribution is 0.188. The molecule has 20 heavy (non-hydrogen) atoms. The molecule has 0 fully saturated rings. The summed E-state index contributed by atoms with van der Waals surface area (Å²) in [7, 11) is 3.80. The van der Waals surface area contributed by atoms with E-state index in [1.54, 1.807) is 7.11 Å². The zero-order valence-corrected chi connectivity index (χ0v) is 14.8. The Hall–Kier alpha value is -0.390. The predicted octanol–water partition coefficient (Wildman–Crippen LogP) is 3.08. The molecule has 5 heteroatoms.